The van der Waals surface area contributed by atoms with Crippen LogP contribution >= 0.6 is 0 Å². The molecule has 5 nitrogen and oxygen atoms in total. The van der Waals surface area contributed by atoms with Crippen LogP contribution in [0.3, 0.4) is 0 Å². The lowest BCUT2D eigenvalue weighted by Crippen LogP contribution is -2.54. The third kappa shape index (κ3) is 4.06. The van der Waals surface area contributed by atoms with Crippen molar-refractivity contribution in [1.82, 2.24) is 9.80 Å². The monoisotopic (exact) mass is 290 g/mol. The van der Waals surface area contributed by atoms with Gasteiger partial charge in [0.1, 0.15) is 11.8 Å². The van der Waals surface area contributed by atoms with Gasteiger partial charge in [0.05, 0.1) is 7.11 Å². The van der Waals surface area contributed by atoms with Gasteiger partial charge in [0.25, 0.3) is 0 Å². The fourth-order valence-electron chi connectivity index (χ4n) is 2.50. The number of methoxy groups -OCH3 is 1. The second-order valence-electron chi connectivity index (χ2n) is 5.24. The fourth-order valence-corrected chi connectivity index (χ4v) is 2.50. The molecule has 1 aliphatic rings. The summed E-state index contributed by atoms with van der Waals surface area (Å²) in [6.45, 7) is 2.97. The number of nitrogens with zero attached hydrogens (tertiary/aromatic N) is 2. The Hall–Kier alpha value is -1.85. The fraction of sp³-hybridized carbons (Fsp3) is 0.438. The summed E-state index contributed by atoms with van der Waals surface area (Å²) in [6.07, 6.45) is 4.08. The molecule has 0 radical (unpaired) electrons. The van der Waals surface area contributed by atoms with Gasteiger partial charge in [-0.25, -0.2) is 0 Å². The number of piperazine rings is 1. The highest BCUT2D eigenvalue weighted by Gasteiger charge is 2.28. The van der Waals surface area contributed by atoms with E-state index < -0.39 is 12.0 Å². The van der Waals surface area contributed by atoms with Gasteiger partial charge in [0, 0.05) is 31.7 Å². The summed E-state index contributed by atoms with van der Waals surface area (Å²) in [5, 5.41) is 9.20. The molecule has 5 heteroatoms. The number of para-hydroxylation sites is 1. The minimum absolute atomic E-state index is 0.418. The third-order valence-corrected chi connectivity index (χ3v) is 3.82. The molecule has 114 valence electrons. The summed E-state index contributed by atoms with van der Waals surface area (Å²) in [5.74, 6) is 0.0893. The van der Waals surface area contributed by atoms with Crippen molar-refractivity contribution < 1.29 is 14.6 Å². The smallest absolute Gasteiger partial charge is 0.322 e. The first-order chi connectivity index (χ1) is 10.1. The zero-order valence-electron chi connectivity index (χ0n) is 12.5. The maximum Gasteiger partial charge on any atom is 0.322 e. The van der Waals surface area contributed by atoms with E-state index in [4.69, 9.17) is 4.74 Å². The first kappa shape index (κ1) is 15.5. The SMILES string of the molecule is COc1ccccc1/C=C/CN1CCN(C)C(C(=O)O)C1. The second-order valence-corrected chi connectivity index (χ2v) is 5.24. The van der Waals surface area contributed by atoms with Crippen LogP contribution in [0.5, 0.6) is 5.75 Å². The van der Waals surface area contributed by atoms with Gasteiger partial charge in [-0.05, 0) is 13.1 Å². The van der Waals surface area contributed by atoms with Crippen LogP contribution in [-0.4, -0.2) is 67.3 Å². The van der Waals surface area contributed by atoms with E-state index in [1.807, 2.05) is 42.3 Å². The molecule has 0 spiro atoms. The van der Waals surface area contributed by atoms with Crippen molar-refractivity contribution in [2.75, 3.05) is 40.3 Å². The van der Waals surface area contributed by atoms with E-state index in [1.165, 1.54) is 0 Å². The summed E-state index contributed by atoms with van der Waals surface area (Å²) in [6, 6.07) is 7.42. The van der Waals surface area contributed by atoms with E-state index in [-0.39, 0.29) is 0 Å². The van der Waals surface area contributed by atoms with Crippen molar-refractivity contribution >= 4 is 12.0 Å². The molecule has 1 aromatic carbocycles. The molecule has 21 heavy (non-hydrogen) atoms. The number of benzene rings is 1. The largest absolute Gasteiger partial charge is 0.496 e. The number of hydrogen-bond acceptors (Lipinski definition) is 4. The number of carboxylic acids is 1. The van der Waals surface area contributed by atoms with Crippen molar-refractivity contribution in [3.8, 4) is 5.75 Å². The Kier molecular flexibility index (Phi) is 5.36. The summed E-state index contributed by atoms with van der Waals surface area (Å²) >= 11 is 0. The molecule has 1 fully saturated rings. The number of carbonyl (C=O) groups is 1. The van der Waals surface area contributed by atoms with Gasteiger partial charge in [-0.3, -0.25) is 14.6 Å². The molecule has 1 N–H and O–H groups in total. The van der Waals surface area contributed by atoms with Crippen LogP contribution in [0.1, 0.15) is 5.56 Å². The van der Waals surface area contributed by atoms with E-state index in [2.05, 4.69) is 11.0 Å². The predicted octanol–water partition coefficient (Wildman–Crippen LogP) is 1.41. The minimum atomic E-state index is -0.754. The van der Waals surface area contributed by atoms with E-state index in [0.717, 1.165) is 30.9 Å². The Morgan fingerprint density at radius 2 is 2.19 bits per heavy atom. The van der Waals surface area contributed by atoms with Gasteiger partial charge >= 0.3 is 5.97 Å². The van der Waals surface area contributed by atoms with Crippen molar-refractivity contribution in [3.63, 3.8) is 0 Å². The number of likely N-dealkylation sites (N-methyl/N-ethyl adjacent to an activating group) is 1. The Morgan fingerprint density at radius 1 is 1.43 bits per heavy atom. The zero-order valence-corrected chi connectivity index (χ0v) is 12.5. The predicted molar refractivity (Wildman–Crippen MR) is 82.5 cm³/mol. The minimum Gasteiger partial charge on any atom is -0.496 e. The van der Waals surface area contributed by atoms with Crippen molar-refractivity contribution in [1.29, 1.82) is 0 Å². The molecule has 0 bridgehead atoms. The van der Waals surface area contributed by atoms with Crippen LogP contribution in [0, 0.1) is 0 Å². The lowest BCUT2D eigenvalue weighted by atomic mass is 10.1. The summed E-state index contributed by atoms with van der Waals surface area (Å²) in [7, 11) is 3.52. The quantitative estimate of drug-likeness (QED) is 0.888. The van der Waals surface area contributed by atoms with Gasteiger partial charge in [-0.2, -0.15) is 0 Å². The molecule has 1 heterocycles. The van der Waals surface area contributed by atoms with Crippen LogP contribution in [-0.2, 0) is 4.79 Å². The van der Waals surface area contributed by atoms with Gasteiger partial charge in [0.15, 0.2) is 0 Å². The van der Waals surface area contributed by atoms with Crippen LogP contribution in [0.25, 0.3) is 6.08 Å². The third-order valence-electron chi connectivity index (χ3n) is 3.82. The van der Waals surface area contributed by atoms with Gasteiger partial charge in [-0.1, -0.05) is 30.4 Å². The van der Waals surface area contributed by atoms with Crippen molar-refractivity contribution in [2.45, 2.75) is 6.04 Å². The standard InChI is InChI=1S/C16H22N2O3/c1-17-10-11-18(12-14(17)16(19)20)9-5-7-13-6-3-4-8-15(13)21-2/h3-8,14H,9-12H2,1-2H3,(H,19,20)/b7-5+. The molecule has 1 aromatic rings. The van der Waals surface area contributed by atoms with Crippen LogP contribution in [0.4, 0.5) is 0 Å². The molecule has 0 aliphatic carbocycles. The topological polar surface area (TPSA) is 53.0 Å². The summed E-state index contributed by atoms with van der Waals surface area (Å²) < 4.78 is 5.30. The van der Waals surface area contributed by atoms with E-state index >= 15 is 0 Å². The first-order valence-corrected chi connectivity index (χ1v) is 7.06. The maximum atomic E-state index is 11.2. The van der Waals surface area contributed by atoms with Crippen LogP contribution in [0.2, 0.25) is 0 Å². The number of ether oxygens (including phenoxy) is 1. The lowest BCUT2D eigenvalue weighted by Gasteiger charge is -2.36. The number of rotatable bonds is 5. The van der Waals surface area contributed by atoms with Gasteiger partial charge < -0.3 is 9.84 Å². The highest BCUT2D eigenvalue weighted by atomic mass is 16.5. The number of carboxylic acid groups (broad SMARTS) is 1. The lowest BCUT2D eigenvalue weighted by molar-refractivity contribution is -0.144. The van der Waals surface area contributed by atoms with Crippen molar-refractivity contribution in [2.24, 2.45) is 0 Å². The first-order valence-electron chi connectivity index (χ1n) is 7.06. The highest BCUT2D eigenvalue weighted by molar-refractivity contribution is 5.73. The number of hydrogen-bond donors (Lipinski definition) is 1. The maximum absolute atomic E-state index is 11.2. The zero-order chi connectivity index (χ0) is 15.2. The second kappa shape index (κ2) is 7.24. The average molecular weight is 290 g/mol. The number of aliphatic carboxylic acids is 1. The molecular weight excluding hydrogens is 268 g/mol. The highest BCUT2D eigenvalue weighted by Crippen LogP contribution is 2.18. The summed E-state index contributed by atoms with van der Waals surface area (Å²) in [5.41, 5.74) is 1.03. The van der Waals surface area contributed by atoms with Crippen molar-refractivity contribution in [3.05, 3.63) is 35.9 Å². The molecule has 1 atom stereocenters. The molecule has 1 unspecified atom stereocenters. The molecule has 0 aromatic heterocycles. The Balaban J connectivity index is 1.93. The molecular formula is C16H22N2O3. The van der Waals surface area contributed by atoms with E-state index in [1.54, 1.807) is 7.11 Å². The average Bonchev–Trinajstić information content (AvgIpc) is 2.49. The van der Waals surface area contributed by atoms with E-state index in [9.17, 15) is 9.90 Å². The normalized spacial score (nSPS) is 20.8. The molecule has 2 rings (SSSR count). The van der Waals surface area contributed by atoms with Crippen LogP contribution in [0.15, 0.2) is 30.3 Å². The van der Waals surface area contributed by atoms with Gasteiger partial charge in [-0.15, -0.1) is 0 Å². The Morgan fingerprint density at radius 3 is 2.90 bits per heavy atom. The molecule has 1 saturated heterocycles. The summed E-state index contributed by atoms with van der Waals surface area (Å²) in [4.78, 5) is 15.2. The molecule has 0 amide bonds. The van der Waals surface area contributed by atoms with Gasteiger partial charge in [0.2, 0.25) is 0 Å². The molecule has 1 aliphatic heterocycles. The Labute approximate surface area is 125 Å². The molecule has 0 saturated carbocycles. The Bertz CT molecular complexity index is 516. The van der Waals surface area contributed by atoms with Crippen LogP contribution < -0.4 is 4.74 Å². The van der Waals surface area contributed by atoms with E-state index in [0.29, 0.717) is 6.54 Å².